The van der Waals surface area contributed by atoms with Crippen LogP contribution in [0.4, 0.5) is 0 Å². The Morgan fingerprint density at radius 1 is 1.00 bits per heavy atom. The molecule has 0 radical (unpaired) electrons. The molecule has 0 fully saturated rings. The van der Waals surface area contributed by atoms with Gasteiger partial charge in [0.2, 0.25) is 0 Å². The molecule has 0 saturated carbocycles. The molecule has 0 aromatic rings. The fourth-order valence-corrected chi connectivity index (χ4v) is 1.52. The Bertz CT molecular complexity index is 148. The van der Waals surface area contributed by atoms with Crippen molar-refractivity contribution in [3.05, 3.63) is 0 Å². The number of rotatable bonds is 10. The van der Waals surface area contributed by atoms with Crippen LogP contribution in [0.2, 0.25) is 0 Å². The van der Waals surface area contributed by atoms with Crippen molar-refractivity contribution in [2.45, 2.75) is 33.2 Å². The van der Waals surface area contributed by atoms with Crippen LogP contribution in [-0.2, 0) is 9.47 Å². The van der Waals surface area contributed by atoms with Gasteiger partial charge in [0.1, 0.15) is 0 Å². The van der Waals surface area contributed by atoms with Crippen molar-refractivity contribution in [3.63, 3.8) is 0 Å². The highest BCUT2D eigenvalue weighted by molar-refractivity contribution is 4.77. The Kier molecular flexibility index (Phi) is 8.84. The predicted octanol–water partition coefficient (Wildman–Crippen LogP) is 1.10. The highest BCUT2D eigenvalue weighted by atomic mass is 16.5. The van der Waals surface area contributed by atoms with E-state index in [1.807, 2.05) is 27.7 Å². The molecule has 2 N–H and O–H groups in total. The second kappa shape index (κ2) is 8.93. The van der Waals surface area contributed by atoms with Gasteiger partial charge in [0.15, 0.2) is 0 Å². The first-order valence-corrected chi connectivity index (χ1v) is 6.16. The summed E-state index contributed by atoms with van der Waals surface area (Å²) in [6, 6.07) is 0. The normalized spacial score (nSPS) is 12.4. The Morgan fingerprint density at radius 2 is 1.44 bits per heavy atom. The Morgan fingerprint density at radius 3 is 1.75 bits per heavy atom. The van der Waals surface area contributed by atoms with E-state index in [0.717, 1.165) is 46.1 Å². The molecule has 0 saturated heterocycles. The summed E-state index contributed by atoms with van der Waals surface area (Å²) in [4.78, 5) is 2.30. The molecular formula is C12H28N2O2. The quantitative estimate of drug-likeness (QED) is 0.573. The smallest absolute Gasteiger partial charge is 0.0593 e. The lowest BCUT2D eigenvalue weighted by molar-refractivity contribution is 0.0752. The van der Waals surface area contributed by atoms with Gasteiger partial charge in [-0.3, -0.25) is 4.90 Å². The summed E-state index contributed by atoms with van der Waals surface area (Å²) in [6.45, 7) is 13.9. The van der Waals surface area contributed by atoms with Gasteiger partial charge in [-0.2, -0.15) is 0 Å². The summed E-state index contributed by atoms with van der Waals surface area (Å²) < 4.78 is 10.7. The van der Waals surface area contributed by atoms with E-state index < -0.39 is 0 Å². The van der Waals surface area contributed by atoms with E-state index in [1.165, 1.54) is 0 Å². The number of nitrogens with two attached hydrogens (primary N) is 1. The lowest BCUT2D eigenvalue weighted by Gasteiger charge is -2.29. The van der Waals surface area contributed by atoms with Gasteiger partial charge in [0.05, 0.1) is 13.2 Å². The molecule has 0 aromatic carbocycles. The van der Waals surface area contributed by atoms with Gasteiger partial charge in [-0.15, -0.1) is 0 Å². The van der Waals surface area contributed by atoms with Crippen molar-refractivity contribution in [3.8, 4) is 0 Å². The third kappa shape index (κ3) is 10.4. The molecular weight excluding hydrogens is 204 g/mol. The highest BCUT2D eigenvalue weighted by Crippen LogP contribution is 2.01. The van der Waals surface area contributed by atoms with Crippen LogP contribution in [0.15, 0.2) is 0 Å². The standard InChI is InChI=1S/C12H28N2O2/c1-5-15-9-7-14(8-10-16-6-2)11-12(3,4)13/h5-11,13H2,1-4H3. The molecule has 0 heterocycles. The summed E-state index contributed by atoms with van der Waals surface area (Å²) in [5, 5.41) is 0. The van der Waals surface area contributed by atoms with Gasteiger partial charge in [-0.25, -0.2) is 0 Å². The number of ether oxygens (including phenoxy) is 2. The predicted molar refractivity (Wildman–Crippen MR) is 67.7 cm³/mol. The molecule has 0 rings (SSSR count). The maximum absolute atomic E-state index is 6.02. The highest BCUT2D eigenvalue weighted by Gasteiger charge is 2.16. The second-order valence-electron chi connectivity index (χ2n) is 4.66. The van der Waals surface area contributed by atoms with Crippen molar-refractivity contribution >= 4 is 0 Å². The average Bonchev–Trinajstić information content (AvgIpc) is 2.16. The zero-order valence-corrected chi connectivity index (χ0v) is 11.3. The summed E-state index contributed by atoms with van der Waals surface area (Å²) in [6.07, 6.45) is 0. The molecule has 0 aromatic heterocycles. The van der Waals surface area contributed by atoms with Crippen LogP contribution < -0.4 is 5.73 Å². The molecule has 0 unspecified atom stereocenters. The van der Waals surface area contributed by atoms with Crippen LogP contribution in [0.25, 0.3) is 0 Å². The van der Waals surface area contributed by atoms with Crippen molar-refractivity contribution < 1.29 is 9.47 Å². The van der Waals surface area contributed by atoms with Crippen LogP contribution >= 0.6 is 0 Å². The summed E-state index contributed by atoms with van der Waals surface area (Å²) in [5.41, 5.74) is 5.85. The molecule has 0 aliphatic carbocycles. The molecule has 16 heavy (non-hydrogen) atoms. The Hall–Kier alpha value is -0.160. The maximum atomic E-state index is 6.02. The first kappa shape index (κ1) is 15.8. The Balaban J connectivity index is 3.85. The zero-order valence-electron chi connectivity index (χ0n) is 11.3. The van der Waals surface area contributed by atoms with Gasteiger partial charge in [0, 0.05) is 38.4 Å². The van der Waals surface area contributed by atoms with E-state index in [2.05, 4.69) is 4.90 Å². The molecule has 4 nitrogen and oxygen atoms in total. The fourth-order valence-electron chi connectivity index (χ4n) is 1.52. The van der Waals surface area contributed by atoms with Gasteiger partial charge in [0.25, 0.3) is 0 Å². The second-order valence-corrected chi connectivity index (χ2v) is 4.66. The maximum Gasteiger partial charge on any atom is 0.0593 e. The molecule has 0 aliphatic rings. The van der Waals surface area contributed by atoms with Crippen molar-refractivity contribution in [1.29, 1.82) is 0 Å². The largest absolute Gasteiger partial charge is 0.380 e. The molecule has 0 spiro atoms. The first-order valence-electron chi connectivity index (χ1n) is 6.16. The van der Waals surface area contributed by atoms with E-state index in [4.69, 9.17) is 15.2 Å². The molecule has 0 aliphatic heterocycles. The van der Waals surface area contributed by atoms with Crippen LogP contribution in [0.5, 0.6) is 0 Å². The lowest BCUT2D eigenvalue weighted by Crippen LogP contribution is -2.47. The summed E-state index contributed by atoms with van der Waals surface area (Å²) >= 11 is 0. The van der Waals surface area contributed by atoms with Crippen molar-refractivity contribution in [1.82, 2.24) is 4.90 Å². The van der Waals surface area contributed by atoms with Crippen LogP contribution in [-0.4, -0.2) is 56.5 Å². The van der Waals surface area contributed by atoms with Crippen molar-refractivity contribution in [2.24, 2.45) is 5.73 Å². The van der Waals surface area contributed by atoms with Gasteiger partial charge >= 0.3 is 0 Å². The van der Waals surface area contributed by atoms with E-state index >= 15 is 0 Å². The SMILES string of the molecule is CCOCCN(CCOCC)CC(C)(C)N. The number of nitrogens with zero attached hydrogens (tertiary/aromatic N) is 1. The minimum absolute atomic E-state index is 0.168. The third-order valence-corrected chi connectivity index (χ3v) is 2.14. The Labute approximate surface area is 100 Å². The van der Waals surface area contributed by atoms with Crippen LogP contribution in [0.1, 0.15) is 27.7 Å². The topological polar surface area (TPSA) is 47.7 Å². The van der Waals surface area contributed by atoms with Gasteiger partial charge < -0.3 is 15.2 Å². The fraction of sp³-hybridized carbons (Fsp3) is 1.00. The van der Waals surface area contributed by atoms with E-state index in [1.54, 1.807) is 0 Å². The number of hydrogen-bond acceptors (Lipinski definition) is 4. The third-order valence-electron chi connectivity index (χ3n) is 2.14. The summed E-state index contributed by atoms with van der Waals surface area (Å²) in [7, 11) is 0. The van der Waals surface area contributed by atoms with E-state index in [9.17, 15) is 0 Å². The van der Waals surface area contributed by atoms with Crippen LogP contribution in [0, 0.1) is 0 Å². The summed E-state index contributed by atoms with van der Waals surface area (Å²) in [5.74, 6) is 0. The molecule has 0 atom stereocenters. The van der Waals surface area contributed by atoms with Gasteiger partial charge in [-0.05, 0) is 27.7 Å². The molecule has 0 amide bonds. The molecule has 4 heteroatoms. The first-order chi connectivity index (χ1) is 7.49. The lowest BCUT2D eigenvalue weighted by atomic mass is 10.1. The average molecular weight is 232 g/mol. The van der Waals surface area contributed by atoms with Gasteiger partial charge in [-0.1, -0.05) is 0 Å². The number of hydrogen-bond donors (Lipinski definition) is 1. The minimum Gasteiger partial charge on any atom is -0.380 e. The van der Waals surface area contributed by atoms with E-state index in [-0.39, 0.29) is 5.54 Å². The minimum atomic E-state index is -0.168. The van der Waals surface area contributed by atoms with E-state index in [0.29, 0.717) is 0 Å². The van der Waals surface area contributed by atoms with Crippen LogP contribution in [0.3, 0.4) is 0 Å². The molecule has 98 valence electrons. The zero-order chi connectivity index (χ0) is 12.4. The van der Waals surface area contributed by atoms with Crippen molar-refractivity contribution in [2.75, 3.05) is 46.1 Å². The molecule has 0 bridgehead atoms. The monoisotopic (exact) mass is 232 g/mol.